The molecule has 0 unspecified atom stereocenters. The maximum absolute atomic E-state index is 12.0. The molecule has 0 heterocycles. The van der Waals surface area contributed by atoms with Crippen LogP contribution >= 0.6 is 7.26 Å². The van der Waals surface area contributed by atoms with E-state index in [2.05, 4.69) is 96.3 Å². The predicted octanol–water partition coefficient (Wildman–Crippen LogP) is 5.08. The average molecular weight is 454 g/mol. The molecule has 4 heteroatoms. The highest BCUT2D eigenvalue weighted by Crippen LogP contribution is 2.55. The van der Waals surface area contributed by atoms with E-state index in [0.717, 1.165) is 30.4 Å². The summed E-state index contributed by atoms with van der Waals surface area (Å²) < 4.78 is 0. The lowest BCUT2D eigenvalue weighted by atomic mass is 10.2. The van der Waals surface area contributed by atoms with Crippen molar-refractivity contribution in [3.05, 3.63) is 115 Å². The topological polar surface area (TPSA) is 32.3 Å². The van der Waals surface area contributed by atoms with Crippen LogP contribution in [0, 0.1) is 0 Å². The molecule has 166 valence electrons. The summed E-state index contributed by atoms with van der Waals surface area (Å²) in [5, 5.41) is 7.31. The number of nitrogens with one attached hydrogen (secondary N) is 1. The summed E-state index contributed by atoms with van der Waals surface area (Å²) in [4.78, 5) is 13.9. The molecule has 4 aromatic carbocycles. The fraction of sp³-hybridized carbons (Fsp3) is 0.138. The Hall–Kier alpha value is -3.42. The van der Waals surface area contributed by atoms with Gasteiger partial charge in [0.2, 0.25) is 6.41 Å². The van der Waals surface area contributed by atoms with E-state index in [4.69, 9.17) is 0 Å². The van der Waals surface area contributed by atoms with Gasteiger partial charge in [-0.3, -0.25) is 4.79 Å². The van der Waals surface area contributed by atoms with E-state index >= 15 is 0 Å². The van der Waals surface area contributed by atoms with Crippen LogP contribution in [0.25, 0.3) is 0 Å². The highest BCUT2D eigenvalue weighted by Gasteiger charge is 2.44. The van der Waals surface area contributed by atoms with Gasteiger partial charge in [-0.05, 0) is 48.5 Å². The molecule has 0 spiro atoms. The summed E-state index contributed by atoms with van der Waals surface area (Å²) in [7, 11) is -0.00106. The molecular formula is C29H30N2OP+. The quantitative estimate of drug-likeness (QED) is 0.268. The lowest BCUT2D eigenvalue weighted by molar-refractivity contribution is -0.107. The molecule has 0 fully saturated rings. The summed E-state index contributed by atoms with van der Waals surface area (Å²) >= 11 is 0. The number of amides is 1. The van der Waals surface area contributed by atoms with Crippen LogP contribution in [-0.2, 0) is 4.79 Å². The third-order valence-electron chi connectivity index (χ3n) is 6.09. The van der Waals surface area contributed by atoms with Crippen molar-refractivity contribution >= 4 is 41.0 Å². The molecule has 1 N–H and O–H groups in total. The van der Waals surface area contributed by atoms with Crippen LogP contribution in [-0.4, -0.2) is 26.2 Å². The van der Waals surface area contributed by atoms with Crippen molar-refractivity contribution in [1.29, 1.82) is 0 Å². The second-order valence-corrected chi connectivity index (χ2v) is 11.6. The van der Waals surface area contributed by atoms with E-state index in [0.29, 0.717) is 6.54 Å². The number of benzene rings is 4. The zero-order chi connectivity index (χ0) is 22.9. The van der Waals surface area contributed by atoms with Crippen molar-refractivity contribution in [3.63, 3.8) is 0 Å². The van der Waals surface area contributed by atoms with E-state index < -0.39 is 7.26 Å². The van der Waals surface area contributed by atoms with Gasteiger partial charge in [-0.15, -0.1) is 0 Å². The van der Waals surface area contributed by atoms with Crippen LogP contribution in [0.5, 0.6) is 0 Å². The highest BCUT2D eigenvalue weighted by atomic mass is 31.2. The van der Waals surface area contributed by atoms with Gasteiger partial charge in [0.15, 0.2) is 0 Å². The lowest BCUT2D eigenvalue weighted by Gasteiger charge is -2.29. The van der Waals surface area contributed by atoms with Crippen LogP contribution in [0.15, 0.2) is 115 Å². The number of rotatable bonds is 10. The lowest BCUT2D eigenvalue weighted by Crippen LogP contribution is -2.34. The Morgan fingerprint density at radius 1 is 0.697 bits per heavy atom. The average Bonchev–Trinajstić information content (AvgIpc) is 2.90. The normalized spacial score (nSPS) is 11.1. The molecule has 33 heavy (non-hydrogen) atoms. The van der Waals surface area contributed by atoms with Gasteiger partial charge in [-0.2, -0.15) is 0 Å². The second kappa shape index (κ2) is 10.9. The Balaban J connectivity index is 1.72. The summed E-state index contributed by atoms with van der Waals surface area (Å²) in [6.07, 6.45) is 2.82. The molecule has 0 saturated heterocycles. The minimum Gasteiger partial charge on any atom is -0.386 e. The van der Waals surface area contributed by atoms with Crippen molar-refractivity contribution in [1.82, 2.24) is 0 Å². The van der Waals surface area contributed by atoms with Crippen LogP contribution in [0.2, 0.25) is 0 Å². The first-order chi connectivity index (χ1) is 16.3. The van der Waals surface area contributed by atoms with Crippen molar-refractivity contribution in [3.8, 4) is 0 Å². The SMILES string of the molecule is CNc1ccccc1N(C=O)CCC[P+](c1ccccc1)(c1ccccc1)c1ccccc1. The third-order valence-corrected chi connectivity index (χ3v) is 10.6. The van der Waals surface area contributed by atoms with E-state index in [1.54, 1.807) is 0 Å². The maximum Gasteiger partial charge on any atom is 0.214 e. The first kappa shape index (κ1) is 22.8. The first-order valence-corrected chi connectivity index (χ1v) is 13.3. The number of nitrogens with zero attached hydrogens (tertiary/aromatic N) is 1. The summed E-state index contributed by atoms with van der Waals surface area (Å²) in [5.74, 6) is 0. The molecule has 0 aliphatic rings. The van der Waals surface area contributed by atoms with E-state index in [1.807, 2.05) is 36.2 Å². The van der Waals surface area contributed by atoms with Crippen LogP contribution in [0.4, 0.5) is 11.4 Å². The first-order valence-electron chi connectivity index (χ1n) is 11.3. The van der Waals surface area contributed by atoms with Crippen molar-refractivity contribution in [2.75, 3.05) is 30.0 Å². The van der Waals surface area contributed by atoms with Crippen LogP contribution < -0.4 is 26.1 Å². The number of hydrogen-bond donors (Lipinski definition) is 1. The molecule has 0 saturated carbocycles. The summed E-state index contributed by atoms with van der Waals surface area (Å²) in [6.45, 7) is 0.663. The van der Waals surface area contributed by atoms with E-state index in [-0.39, 0.29) is 0 Å². The molecule has 4 aromatic rings. The zero-order valence-electron chi connectivity index (χ0n) is 19.0. The molecule has 0 aromatic heterocycles. The Morgan fingerprint density at radius 3 is 1.61 bits per heavy atom. The van der Waals surface area contributed by atoms with Crippen LogP contribution in [0.3, 0.4) is 0 Å². The van der Waals surface area contributed by atoms with Crippen molar-refractivity contribution in [2.24, 2.45) is 0 Å². The van der Waals surface area contributed by atoms with Gasteiger partial charge in [-0.1, -0.05) is 66.7 Å². The molecule has 0 radical (unpaired) electrons. The molecule has 0 aliphatic carbocycles. The van der Waals surface area contributed by atoms with E-state index in [1.165, 1.54) is 15.9 Å². The monoisotopic (exact) mass is 453 g/mol. The Morgan fingerprint density at radius 2 is 1.15 bits per heavy atom. The molecule has 1 amide bonds. The molecule has 0 bridgehead atoms. The fourth-order valence-corrected chi connectivity index (χ4v) is 8.85. The number of carbonyl (C=O) groups excluding carboxylic acids is 1. The van der Waals surface area contributed by atoms with Gasteiger partial charge in [0.05, 0.1) is 17.5 Å². The summed E-state index contributed by atoms with van der Waals surface area (Å²) in [5.41, 5.74) is 1.87. The summed E-state index contributed by atoms with van der Waals surface area (Å²) in [6, 6.07) is 40.6. The zero-order valence-corrected chi connectivity index (χ0v) is 19.9. The van der Waals surface area contributed by atoms with Gasteiger partial charge in [0, 0.05) is 20.0 Å². The smallest absolute Gasteiger partial charge is 0.214 e. The molecule has 0 aliphatic heterocycles. The highest BCUT2D eigenvalue weighted by molar-refractivity contribution is 7.95. The molecular weight excluding hydrogens is 423 g/mol. The van der Waals surface area contributed by atoms with Crippen LogP contribution in [0.1, 0.15) is 6.42 Å². The predicted molar refractivity (Wildman–Crippen MR) is 144 cm³/mol. The number of anilines is 2. The largest absolute Gasteiger partial charge is 0.386 e. The fourth-order valence-electron chi connectivity index (χ4n) is 4.53. The van der Waals surface area contributed by atoms with Crippen molar-refractivity contribution in [2.45, 2.75) is 6.42 Å². The molecule has 0 atom stereocenters. The number of hydrogen-bond acceptors (Lipinski definition) is 2. The Kier molecular flexibility index (Phi) is 7.55. The Labute approximate surface area is 197 Å². The minimum absolute atomic E-state index is 0.663. The number of para-hydroxylation sites is 2. The minimum atomic E-state index is -1.89. The number of carbonyl (C=O) groups is 1. The Bertz CT molecular complexity index is 1050. The molecule has 4 rings (SSSR count). The van der Waals surface area contributed by atoms with E-state index in [9.17, 15) is 4.79 Å². The van der Waals surface area contributed by atoms with Crippen molar-refractivity contribution < 1.29 is 4.79 Å². The van der Waals surface area contributed by atoms with Gasteiger partial charge < -0.3 is 10.2 Å². The standard InChI is InChI=1S/C29H30N2OP/c1-30-28-20-11-12-21-29(28)31(24-32)22-13-23-33(25-14-5-2-6-15-25,26-16-7-3-8-17-26)27-18-9-4-10-19-27/h2-12,14-21,24,30H,13,22-23H2,1H3/q+1. The maximum atomic E-state index is 12.0. The van der Waals surface area contributed by atoms with Gasteiger partial charge in [-0.25, -0.2) is 0 Å². The second-order valence-electron chi connectivity index (χ2n) is 7.96. The molecule has 3 nitrogen and oxygen atoms in total. The van der Waals surface area contributed by atoms with Gasteiger partial charge in [0.25, 0.3) is 0 Å². The van der Waals surface area contributed by atoms with Gasteiger partial charge in [0.1, 0.15) is 23.2 Å². The van der Waals surface area contributed by atoms with Gasteiger partial charge >= 0.3 is 0 Å². The third kappa shape index (κ3) is 4.84.